The average Bonchev–Trinajstić information content (AvgIpc) is 3.55. The Labute approximate surface area is 377 Å². The first kappa shape index (κ1) is 52.3. The van der Waals surface area contributed by atoms with Gasteiger partial charge in [0.25, 0.3) is 39.3 Å². The van der Waals surface area contributed by atoms with Crippen molar-refractivity contribution in [3.63, 3.8) is 0 Å². The molecular weight excluding hydrogens is 927 g/mol. The van der Waals surface area contributed by atoms with Gasteiger partial charge < -0.3 is 15.8 Å². The molecule has 2 saturated carbocycles. The second-order valence-corrected chi connectivity index (χ2v) is 29.4. The number of hydrogen-bond donors (Lipinski definition) is 0. The molecule has 0 spiro atoms. The maximum atomic E-state index is 12.5. The number of benzene rings is 3. The van der Waals surface area contributed by atoms with E-state index in [1.54, 1.807) is 12.1 Å². The van der Waals surface area contributed by atoms with Crippen molar-refractivity contribution < 1.29 is 60.7 Å². The average molecular weight is 984 g/mol. The van der Waals surface area contributed by atoms with Crippen molar-refractivity contribution in [3.05, 3.63) is 82.9 Å². The van der Waals surface area contributed by atoms with Gasteiger partial charge in [0.05, 0.1) is 25.6 Å². The highest BCUT2D eigenvalue weighted by Crippen LogP contribution is 2.36. The van der Waals surface area contributed by atoms with Crippen LogP contribution in [0.15, 0.2) is 70.7 Å². The lowest BCUT2D eigenvalue weighted by atomic mass is 10.00. The van der Waals surface area contributed by atoms with Crippen LogP contribution >= 0.6 is 0 Å². The quantitative estimate of drug-likeness (QED) is 0.0814. The summed E-state index contributed by atoms with van der Waals surface area (Å²) in [5.74, 6) is 0.672. The second-order valence-electron chi connectivity index (χ2n) is 17.8. The van der Waals surface area contributed by atoms with Crippen molar-refractivity contribution in [2.24, 2.45) is 5.16 Å². The van der Waals surface area contributed by atoms with Crippen molar-refractivity contribution in [1.29, 1.82) is 0 Å². The number of oxime groups is 1. The van der Waals surface area contributed by atoms with Crippen LogP contribution in [0.25, 0.3) is 21.8 Å². The molecule has 0 radical (unpaired) electrons. The van der Waals surface area contributed by atoms with E-state index in [0.29, 0.717) is 37.1 Å². The van der Waals surface area contributed by atoms with Crippen LogP contribution in [-0.4, -0.2) is 92.2 Å². The number of sulfone groups is 4. The van der Waals surface area contributed by atoms with Gasteiger partial charge in [-0.15, -0.1) is 9.58 Å². The molecule has 352 valence electrons. The van der Waals surface area contributed by atoms with Crippen LogP contribution in [0.2, 0.25) is 0 Å². The third-order valence-electron chi connectivity index (χ3n) is 11.1. The first-order chi connectivity index (χ1) is 29.6. The van der Waals surface area contributed by atoms with Crippen LogP contribution in [0.5, 0.6) is 5.75 Å². The topological polar surface area (TPSA) is 274 Å². The Bertz CT molecular complexity index is 2820. The molecule has 17 nitrogen and oxygen atoms in total. The van der Waals surface area contributed by atoms with E-state index in [1.807, 2.05) is 50.2 Å². The largest absolute Gasteiger partial charge is 0.496 e. The van der Waals surface area contributed by atoms with Crippen molar-refractivity contribution in [1.82, 2.24) is 0 Å². The highest BCUT2D eigenvalue weighted by atomic mass is 32.3. The van der Waals surface area contributed by atoms with Crippen LogP contribution in [-0.2, 0) is 53.8 Å². The molecule has 1 aliphatic heterocycles. The Morgan fingerprint density at radius 2 is 1.09 bits per heavy atom. The van der Waals surface area contributed by atoms with Crippen LogP contribution in [0.1, 0.15) is 124 Å². The molecule has 64 heavy (non-hydrogen) atoms. The molecule has 1 atom stereocenters. The van der Waals surface area contributed by atoms with Gasteiger partial charge in [-0.25, -0.2) is 33.7 Å². The Kier molecular flexibility index (Phi) is 16.4. The van der Waals surface area contributed by atoms with E-state index in [2.05, 4.69) is 14.7 Å². The maximum Gasteiger partial charge on any atom is 0.496 e. The standard InChI is InChI=1S/C20H17NO4S.C13H22N2O4S2.C9H18N2O4S2/c1-13-7-10-16(11-8-13)26(22,23)25-21-20-14(2)24-18-12-9-15-5-3-4-6-17(15)19(18)20;14-15-13(20(16,17)11-7-3-1-4-8-11)21(18,19)12-9-5-2-6-10-12;1-8(2,3)16(12,13)7(11-10)17(14,15)9(4,5)6/h3-12,14H,1-2H3;11-12H,1-10H2;1-6H3/b21-20+;;. The minimum Gasteiger partial charge on any atom is -0.484 e. The molecular formula is C42H57N5O12S5. The fraction of sp³-hybridized carbons (Fsp3) is 0.548. The van der Waals surface area contributed by atoms with Gasteiger partial charge in [-0.2, -0.15) is 8.42 Å². The van der Waals surface area contributed by atoms with Crippen LogP contribution < -0.4 is 4.74 Å². The molecule has 2 fully saturated rings. The van der Waals surface area contributed by atoms with Gasteiger partial charge in [0, 0.05) is 0 Å². The SMILES string of the molecule is CC(C)(C)S(=O)(=O)C(=[N+]=[N-])S(=O)(=O)C(C)(C)C.Cc1ccc(S(=O)(=O)O/N=C2/c3c(ccc4ccccc34)OC2C)cc1.[N-]=[N+]=C(S(=O)(=O)C1CCCCC1)S(=O)(=O)C1CCCCC1. The van der Waals surface area contributed by atoms with E-state index in [1.165, 1.54) is 53.7 Å². The van der Waals surface area contributed by atoms with E-state index in [0.717, 1.165) is 60.4 Å². The van der Waals surface area contributed by atoms with Gasteiger partial charge in [-0.1, -0.05) is 91.7 Å². The minimum absolute atomic E-state index is 0.0668. The summed E-state index contributed by atoms with van der Waals surface area (Å²) in [6, 6.07) is 18.1. The fourth-order valence-corrected chi connectivity index (χ4v) is 16.6. The van der Waals surface area contributed by atoms with Crippen molar-refractivity contribution >= 4 is 74.7 Å². The summed E-state index contributed by atoms with van der Waals surface area (Å²) in [5, 5.41) is 4.49. The molecule has 0 amide bonds. The van der Waals surface area contributed by atoms with Crippen molar-refractivity contribution in [3.8, 4) is 5.75 Å². The van der Waals surface area contributed by atoms with E-state index in [-0.39, 0.29) is 4.90 Å². The smallest absolute Gasteiger partial charge is 0.484 e. The van der Waals surface area contributed by atoms with E-state index >= 15 is 0 Å². The Balaban J connectivity index is 0.000000216. The predicted octanol–water partition coefficient (Wildman–Crippen LogP) is 7.10. The van der Waals surface area contributed by atoms with Gasteiger partial charge in [-0.05, 0) is 110 Å². The number of fused-ring (bicyclic) bond motifs is 3. The van der Waals surface area contributed by atoms with Crippen LogP contribution in [0.4, 0.5) is 0 Å². The molecule has 1 unspecified atom stereocenters. The molecule has 3 aromatic carbocycles. The monoisotopic (exact) mass is 983 g/mol. The lowest BCUT2D eigenvalue weighted by molar-refractivity contribution is 0.00324. The zero-order valence-electron chi connectivity index (χ0n) is 37.3. The van der Waals surface area contributed by atoms with Gasteiger partial charge in [-0.3, -0.25) is 4.28 Å². The van der Waals surface area contributed by atoms with Crippen molar-refractivity contribution in [2.75, 3.05) is 0 Å². The molecule has 0 N–H and O–H groups in total. The lowest BCUT2D eigenvalue weighted by Gasteiger charge is -2.22. The number of aryl methyl sites for hydroxylation is 1. The van der Waals surface area contributed by atoms with E-state index < -0.39 is 84.3 Å². The highest BCUT2D eigenvalue weighted by Gasteiger charge is 2.53. The summed E-state index contributed by atoms with van der Waals surface area (Å²) >= 11 is 0. The van der Waals surface area contributed by atoms with E-state index in [4.69, 9.17) is 20.1 Å². The first-order valence-electron chi connectivity index (χ1n) is 20.7. The molecule has 0 saturated heterocycles. The summed E-state index contributed by atoms with van der Waals surface area (Å²) < 4.78 is 129. The fourth-order valence-electron chi connectivity index (χ4n) is 7.11. The highest BCUT2D eigenvalue weighted by molar-refractivity contribution is 8.32. The third-order valence-corrected chi connectivity index (χ3v) is 23.1. The second kappa shape index (κ2) is 20.1. The number of rotatable bonds is 5. The van der Waals surface area contributed by atoms with Crippen LogP contribution in [0.3, 0.4) is 0 Å². The van der Waals surface area contributed by atoms with Crippen LogP contribution in [0, 0.1) is 6.92 Å². The molecule has 3 aliphatic rings. The molecule has 0 aromatic heterocycles. The number of nitrogens with zero attached hydrogens (tertiary/aromatic N) is 5. The molecule has 2 aliphatic carbocycles. The summed E-state index contributed by atoms with van der Waals surface area (Å²) in [7, 11) is -20.6. The summed E-state index contributed by atoms with van der Waals surface area (Å²) in [4.78, 5) is 5.29. The molecule has 22 heteroatoms. The normalized spacial score (nSPS) is 18.5. The number of hydrogen-bond acceptors (Lipinski definition) is 13. The zero-order valence-corrected chi connectivity index (χ0v) is 41.3. The molecule has 3 aromatic rings. The third kappa shape index (κ3) is 11.4. The summed E-state index contributed by atoms with van der Waals surface area (Å²) in [6.07, 6.45) is 6.40. The summed E-state index contributed by atoms with van der Waals surface area (Å²) in [6.45, 7) is 11.7. The predicted molar refractivity (Wildman–Crippen MR) is 246 cm³/mol. The van der Waals surface area contributed by atoms with Gasteiger partial charge in [0.15, 0.2) is 0 Å². The Hall–Kier alpha value is -4.30. The maximum absolute atomic E-state index is 12.5. The molecule has 0 bridgehead atoms. The zero-order chi connectivity index (χ0) is 48.1. The number of ether oxygens (including phenoxy) is 1. The Morgan fingerprint density at radius 3 is 1.53 bits per heavy atom. The van der Waals surface area contributed by atoms with E-state index in [9.17, 15) is 42.1 Å². The summed E-state index contributed by atoms with van der Waals surface area (Å²) in [5.41, 5.74) is 20.0. The first-order valence-corrected chi connectivity index (χ1v) is 28.2. The lowest BCUT2D eigenvalue weighted by Crippen LogP contribution is -2.45. The van der Waals surface area contributed by atoms with Gasteiger partial charge in [0.2, 0.25) is 0 Å². The molecule has 1 heterocycles. The Morgan fingerprint density at radius 1 is 0.641 bits per heavy atom. The van der Waals surface area contributed by atoms with Gasteiger partial charge >= 0.3 is 18.9 Å². The van der Waals surface area contributed by atoms with Crippen molar-refractivity contribution in [2.45, 2.75) is 151 Å². The molecule has 6 rings (SSSR count). The minimum atomic E-state index is -4.22. The van der Waals surface area contributed by atoms with Gasteiger partial charge in [0.1, 0.15) is 22.5 Å².